The highest BCUT2D eigenvalue weighted by molar-refractivity contribution is 7.89. The number of rotatable bonds is 5. The topological polar surface area (TPSA) is 66.8 Å². The fraction of sp³-hybridized carbons (Fsp3) is 1.00. The molecule has 1 atom stereocenters. The molecule has 0 bridgehead atoms. The van der Waals surface area contributed by atoms with E-state index in [1.807, 2.05) is 0 Å². The van der Waals surface area contributed by atoms with Crippen LogP contribution in [0.2, 0.25) is 0 Å². The molecule has 0 aromatic carbocycles. The summed E-state index contributed by atoms with van der Waals surface area (Å²) in [5.74, 6) is -0.555. The van der Waals surface area contributed by atoms with Crippen LogP contribution < -0.4 is 0 Å². The number of nitrogens with zero attached hydrogens (tertiary/aromatic N) is 1. The molecule has 0 radical (unpaired) electrons. The number of aliphatic hydroxyl groups excluding tert-OH is 1. The van der Waals surface area contributed by atoms with Gasteiger partial charge in [-0.3, -0.25) is 0 Å². The van der Waals surface area contributed by atoms with Crippen molar-refractivity contribution in [1.29, 1.82) is 0 Å². The van der Waals surface area contributed by atoms with Gasteiger partial charge in [0.1, 0.15) is 0 Å². The molecule has 1 heterocycles. The predicted octanol–water partition coefficient (Wildman–Crippen LogP) is 1.13. The van der Waals surface area contributed by atoms with Crippen LogP contribution in [0.15, 0.2) is 0 Å². The third-order valence-electron chi connectivity index (χ3n) is 2.91. The Morgan fingerprint density at radius 2 is 2.00 bits per heavy atom. The van der Waals surface area contributed by atoms with Gasteiger partial charge in [-0.25, -0.2) is 8.42 Å². The van der Waals surface area contributed by atoms with Crippen molar-refractivity contribution < 1.29 is 31.4 Å². The molecule has 9 heteroatoms. The number of halogens is 3. The summed E-state index contributed by atoms with van der Waals surface area (Å²) in [6.45, 7) is 3.05. The molecule has 0 aromatic heterocycles. The molecule has 120 valence electrons. The molecule has 1 N–H and O–H groups in total. The molecule has 20 heavy (non-hydrogen) atoms. The molecular weight excluding hydrogens is 299 g/mol. The van der Waals surface area contributed by atoms with Crippen molar-refractivity contribution in [2.75, 3.05) is 25.4 Å². The second kappa shape index (κ2) is 6.17. The molecular formula is C11H20F3NO4S. The molecule has 1 unspecified atom stereocenters. The van der Waals surface area contributed by atoms with E-state index in [0.29, 0.717) is 0 Å². The van der Waals surface area contributed by atoms with Crippen molar-refractivity contribution in [3.05, 3.63) is 0 Å². The summed E-state index contributed by atoms with van der Waals surface area (Å²) in [5.41, 5.74) is -0.775. The quantitative estimate of drug-likeness (QED) is 0.825. The van der Waals surface area contributed by atoms with Gasteiger partial charge >= 0.3 is 6.18 Å². The van der Waals surface area contributed by atoms with Crippen LogP contribution in [0.5, 0.6) is 0 Å². The van der Waals surface area contributed by atoms with Crippen LogP contribution in [0.1, 0.15) is 26.7 Å². The molecule has 0 aromatic rings. The van der Waals surface area contributed by atoms with Gasteiger partial charge < -0.3 is 9.84 Å². The van der Waals surface area contributed by atoms with Gasteiger partial charge in [0.25, 0.3) is 0 Å². The molecule has 1 saturated heterocycles. The Morgan fingerprint density at radius 1 is 1.40 bits per heavy atom. The first-order chi connectivity index (χ1) is 8.95. The van der Waals surface area contributed by atoms with E-state index in [4.69, 9.17) is 9.84 Å². The minimum Gasteiger partial charge on any atom is -0.394 e. The lowest BCUT2D eigenvalue weighted by Crippen LogP contribution is -2.55. The number of ether oxygens (including phenoxy) is 1. The van der Waals surface area contributed by atoms with Gasteiger partial charge in [-0.05, 0) is 20.3 Å². The molecule has 1 aliphatic rings. The lowest BCUT2D eigenvalue weighted by molar-refractivity contribution is -0.135. The van der Waals surface area contributed by atoms with E-state index in [2.05, 4.69) is 0 Å². The summed E-state index contributed by atoms with van der Waals surface area (Å²) in [7, 11) is -3.78. The van der Waals surface area contributed by atoms with E-state index in [1.165, 1.54) is 0 Å². The third kappa shape index (κ3) is 5.55. The Kier molecular flexibility index (Phi) is 5.45. The van der Waals surface area contributed by atoms with Crippen LogP contribution in [0.3, 0.4) is 0 Å². The van der Waals surface area contributed by atoms with Crippen molar-refractivity contribution in [1.82, 2.24) is 4.31 Å². The van der Waals surface area contributed by atoms with Crippen molar-refractivity contribution in [2.24, 2.45) is 0 Å². The maximum Gasteiger partial charge on any atom is 0.389 e. The molecule has 0 spiro atoms. The Hall–Kier alpha value is -0.380. The summed E-state index contributed by atoms with van der Waals surface area (Å²) < 4.78 is 66.8. The maximum atomic E-state index is 12.1. The summed E-state index contributed by atoms with van der Waals surface area (Å²) in [6.07, 6.45) is -6.60. The monoisotopic (exact) mass is 319 g/mol. The lowest BCUT2D eigenvalue weighted by Gasteiger charge is -2.41. The highest BCUT2D eigenvalue weighted by Crippen LogP contribution is 2.25. The van der Waals surface area contributed by atoms with Gasteiger partial charge in [0.2, 0.25) is 10.0 Å². The minimum atomic E-state index is -4.35. The second-order valence-electron chi connectivity index (χ2n) is 5.51. The van der Waals surface area contributed by atoms with E-state index in [0.717, 1.165) is 4.31 Å². The van der Waals surface area contributed by atoms with Crippen LogP contribution in [0.25, 0.3) is 0 Å². The Balaban J connectivity index is 2.66. The zero-order valence-corrected chi connectivity index (χ0v) is 12.3. The molecule has 0 aliphatic carbocycles. The van der Waals surface area contributed by atoms with Gasteiger partial charge in [0.15, 0.2) is 0 Å². The van der Waals surface area contributed by atoms with Crippen LogP contribution in [0, 0.1) is 0 Å². The zero-order valence-electron chi connectivity index (χ0n) is 11.5. The zero-order chi connectivity index (χ0) is 15.6. The van der Waals surface area contributed by atoms with Crippen molar-refractivity contribution in [3.63, 3.8) is 0 Å². The largest absolute Gasteiger partial charge is 0.394 e. The van der Waals surface area contributed by atoms with E-state index >= 15 is 0 Å². The molecule has 5 nitrogen and oxygen atoms in total. The fourth-order valence-electron chi connectivity index (χ4n) is 2.13. The Labute approximate surface area is 116 Å². The first-order valence-electron chi connectivity index (χ1n) is 6.28. The molecule has 1 fully saturated rings. The normalized spacial score (nSPS) is 24.8. The van der Waals surface area contributed by atoms with Gasteiger partial charge in [-0.2, -0.15) is 17.5 Å². The first-order valence-corrected chi connectivity index (χ1v) is 7.89. The average Bonchev–Trinajstić information content (AvgIpc) is 2.24. The van der Waals surface area contributed by atoms with Crippen LogP contribution in [-0.2, 0) is 14.8 Å². The van der Waals surface area contributed by atoms with Gasteiger partial charge in [-0.15, -0.1) is 0 Å². The van der Waals surface area contributed by atoms with Crippen LogP contribution in [-0.4, -0.2) is 61.2 Å². The van der Waals surface area contributed by atoms with Gasteiger partial charge in [-0.1, -0.05) is 0 Å². The van der Waals surface area contributed by atoms with Crippen molar-refractivity contribution in [2.45, 2.75) is 44.6 Å². The van der Waals surface area contributed by atoms with Crippen LogP contribution >= 0.6 is 0 Å². The van der Waals surface area contributed by atoms with Crippen molar-refractivity contribution >= 4 is 10.0 Å². The number of morpholine rings is 1. The number of hydrogen-bond acceptors (Lipinski definition) is 4. The number of sulfonamides is 1. The van der Waals surface area contributed by atoms with Gasteiger partial charge in [0.05, 0.1) is 24.1 Å². The molecule has 1 aliphatic heterocycles. The summed E-state index contributed by atoms with van der Waals surface area (Å²) in [4.78, 5) is 0. The molecule has 0 amide bonds. The number of hydrogen-bond donors (Lipinski definition) is 1. The predicted molar refractivity (Wildman–Crippen MR) is 66.7 cm³/mol. The summed E-state index contributed by atoms with van der Waals surface area (Å²) in [6, 6.07) is 0. The number of aliphatic hydroxyl groups is 1. The van der Waals surface area contributed by atoms with Gasteiger partial charge in [0, 0.05) is 19.5 Å². The smallest absolute Gasteiger partial charge is 0.389 e. The number of alkyl halides is 3. The maximum absolute atomic E-state index is 12.1. The third-order valence-corrected chi connectivity index (χ3v) is 4.78. The van der Waals surface area contributed by atoms with E-state index in [9.17, 15) is 21.6 Å². The standard InChI is InChI=1S/C11H20F3NO4S/c1-10(2)8-15(6-9(7-16)19-10)20(17,18)5-3-4-11(12,13)14/h9,16H,3-8H2,1-2H3. The van der Waals surface area contributed by atoms with E-state index < -0.39 is 46.5 Å². The molecule has 0 saturated carbocycles. The van der Waals surface area contributed by atoms with E-state index in [1.54, 1.807) is 13.8 Å². The average molecular weight is 319 g/mol. The highest BCUT2D eigenvalue weighted by atomic mass is 32.2. The summed E-state index contributed by atoms with van der Waals surface area (Å²) in [5, 5.41) is 9.09. The highest BCUT2D eigenvalue weighted by Gasteiger charge is 2.38. The Morgan fingerprint density at radius 3 is 2.50 bits per heavy atom. The lowest BCUT2D eigenvalue weighted by atomic mass is 10.1. The second-order valence-corrected chi connectivity index (χ2v) is 7.60. The Bertz CT molecular complexity index is 422. The van der Waals surface area contributed by atoms with E-state index in [-0.39, 0.29) is 19.7 Å². The first kappa shape index (κ1) is 17.7. The summed E-state index contributed by atoms with van der Waals surface area (Å²) >= 11 is 0. The van der Waals surface area contributed by atoms with Crippen molar-refractivity contribution in [3.8, 4) is 0 Å². The molecule has 1 rings (SSSR count). The minimum absolute atomic E-state index is 0.0335. The fourth-order valence-corrected chi connectivity index (χ4v) is 3.80. The van der Waals surface area contributed by atoms with Crippen LogP contribution in [0.4, 0.5) is 13.2 Å². The SMILES string of the molecule is CC1(C)CN(S(=O)(=O)CCCC(F)(F)F)CC(CO)O1.